The first-order valence-electron chi connectivity index (χ1n) is 8.30. The van der Waals surface area contributed by atoms with Crippen molar-refractivity contribution >= 4 is 23.4 Å². The van der Waals surface area contributed by atoms with E-state index in [1.807, 2.05) is 6.92 Å². The first-order valence-corrected chi connectivity index (χ1v) is 8.68. The summed E-state index contributed by atoms with van der Waals surface area (Å²) in [6, 6.07) is 9.44. The van der Waals surface area contributed by atoms with Gasteiger partial charge in [0.25, 0.3) is 0 Å². The number of hydrogen-bond donors (Lipinski definition) is 0. The largest absolute Gasteiger partial charge is 0.497 e. The second kappa shape index (κ2) is 9.28. The molecule has 0 bridgehead atoms. The van der Waals surface area contributed by atoms with Crippen molar-refractivity contribution in [2.75, 3.05) is 20.8 Å². The number of carbonyl (C=O) groups excluding carboxylic acids is 2. The lowest BCUT2D eigenvalue weighted by Gasteiger charge is -2.15. The molecule has 2 rings (SSSR count). The Hall–Kier alpha value is -2.73. The molecule has 0 aliphatic heterocycles. The van der Waals surface area contributed by atoms with E-state index in [9.17, 15) is 9.59 Å². The average molecular weight is 393 g/mol. The number of hydrogen-bond acceptors (Lipinski definition) is 6. The predicted molar refractivity (Wildman–Crippen MR) is 101 cm³/mol. The van der Waals surface area contributed by atoms with Crippen molar-refractivity contribution in [3.05, 3.63) is 52.5 Å². The fourth-order valence-corrected chi connectivity index (χ4v) is 2.66. The Bertz CT molecular complexity index is 816. The summed E-state index contributed by atoms with van der Waals surface area (Å²) in [4.78, 5) is 24.9. The third-order valence-electron chi connectivity index (χ3n) is 3.78. The molecule has 2 aromatic carbocycles. The quantitative estimate of drug-likeness (QED) is 0.495. The maximum absolute atomic E-state index is 12.5. The van der Waals surface area contributed by atoms with Crippen molar-refractivity contribution in [3.8, 4) is 17.2 Å². The smallest absolute Gasteiger partial charge is 0.339 e. The fraction of sp³-hybridized carbons (Fsp3) is 0.300. The summed E-state index contributed by atoms with van der Waals surface area (Å²) in [7, 11) is 2.98. The zero-order valence-electron chi connectivity index (χ0n) is 15.6. The molecular formula is C20H21ClO6. The Balaban J connectivity index is 2.15. The molecule has 0 saturated heterocycles. The summed E-state index contributed by atoms with van der Waals surface area (Å²) in [5.74, 6) is 0.279. The van der Waals surface area contributed by atoms with Crippen LogP contribution in [0.1, 0.15) is 34.6 Å². The number of halogens is 1. The van der Waals surface area contributed by atoms with Crippen molar-refractivity contribution in [1.82, 2.24) is 0 Å². The highest BCUT2D eigenvalue weighted by molar-refractivity contribution is 6.32. The SMILES string of the molecule is CCOc1c(Cl)cc(C(=O)O[C@@H](C)C(=O)c2ccc(OC)cc2)cc1OC. The summed E-state index contributed by atoms with van der Waals surface area (Å²) in [6.07, 6.45) is -0.970. The van der Waals surface area contributed by atoms with Gasteiger partial charge in [-0.05, 0) is 50.2 Å². The predicted octanol–water partition coefficient (Wildman–Crippen LogP) is 4.18. The first kappa shape index (κ1) is 20.6. The molecule has 0 aromatic heterocycles. The minimum Gasteiger partial charge on any atom is -0.497 e. The zero-order chi connectivity index (χ0) is 20.0. The van der Waals surface area contributed by atoms with Gasteiger partial charge in [0.2, 0.25) is 5.78 Å². The van der Waals surface area contributed by atoms with Crippen LogP contribution in [0.5, 0.6) is 17.2 Å². The lowest BCUT2D eigenvalue weighted by Crippen LogP contribution is -2.24. The van der Waals surface area contributed by atoms with E-state index in [-0.39, 0.29) is 16.4 Å². The van der Waals surface area contributed by atoms with Crippen LogP contribution in [0.2, 0.25) is 5.02 Å². The topological polar surface area (TPSA) is 71.1 Å². The molecule has 6 nitrogen and oxygen atoms in total. The molecule has 0 fully saturated rings. The minimum absolute atomic E-state index is 0.162. The van der Waals surface area contributed by atoms with Crippen LogP contribution in [-0.2, 0) is 4.74 Å². The summed E-state index contributed by atoms with van der Waals surface area (Å²) in [5.41, 5.74) is 0.577. The van der Waals surface area contributed by atoms with E-state index in [4.69, 9.17) is 30.5 Å². The average Bonchev–Trinajstić information content (AvgIpc) is 2.68. The standard InChI is InChI=1S/C20H21ClO6/c1-5-26-19-16(21)10-14(11-17(19)25-4)20(23)27-12(2)18(22)13-6-8-15(24-3)9-7-13/h6-12H,5H2,1-4H3/t12-/m0/s1. The van der Waals surface area contributed by atoms with Gasteiger partial charge in [-0.15, -0.1) is 0 Å². The van der Waals surface area contributed by atoms with Crippen molar-refractivity contribution in [1.29, 1.82) is 0 Å². The van der Waals surface area contributed by atoms with Crippen LogP contribution in [-0.4, -0.2) is 38.7 Å². The monoisotopic (exact) mass is 392 g/mol. The number of benzene rings is 2. The van der Waals surface area contributed by atoms with Gasteiger partial charge in [0.15, 0.2) is 17.6 Å². The highest BCUT2D eigenvalue weighted by atomic mass is 35.5. The van der Waals surface area contributed by atoms with Crippen LogP contribution in [0, 0.1) is 0 Å². The molecule has 27 heavy (non-hydrogen) atoms. The molecular weight excluding hydrogens is 372 g/mol. The minimum atomic E-state index is -0.970. The van der Waals surface area contributed by atoms with Crippen molar-refractivity contribution in [3.63, 3.8) is 0 Å². The molecule has 0 saturated carbocycles. The van der Waals surface area contributed by atoms with Gasteiger partial charge < -0.3 is 18.9 Å². The third-order valence-corrected chi connectivity index (χ3v) is 4.06. The fourth-order valence-electron chi connectivity index (χ4n) is 2.39. The highest BCUT2D eigenvalue weighted by Gasteiger charge is 2.22. The highest BCUT2D eigenvalue weighted by Crippen LogP contribution is 2.36. The number of ether oxygens (including phenoxy) is 4. The van der Waals surface area contributed by atoms with E-state index in [0.717, 1.165) is 0 Å². The second-order valence-corrected chi connectivity index (χ2v) is 5.97. The normalized spacial score (nSPS) is 11.4. The van der Waals surface area contributed by atoms with Crippen LogP contribution >= 0.6 is 11.6 Å². The van der Waals surface area contributed by atoms with Gasteiger partial charge in [-0.3, -0.25) is 4.79 Å². The Labute approximate surface area is 162 Å². The molecule has 1 atom stereocenters. The number of carbonyl (C=O) groups is 2. The molecule has 0 heterocycles. The van der Waals surface area contributed by atoms with Crippen LogP contribution in [0.4, 0.5) is 0 Å². The van der Waals surface area contributed by atoms with E-state index in [2.05, 4.69) is 0 Å². The summed E-state index contributed by atoms with van der Waals surface area (Å²) >= 11 is 6.17. The van der Waals surface area contributed by atoms with Crippen LogP contribution < -0.4 is 14.2 Å². The molecule has 0 aliphatic rings. The van der Waals surface area contributed by atoms with E-state index in [0.29, 0.717) is 29.4 Å². The third kappa shape index (κ3) is 4.92. The second-order valence-electron chi connectivity index (χ2n) is 5.56. The van der Waals surface area contributed by atoms with Gasteiger partial charge >= 0.3 is 5.97 Å². The molecule has 7 heteroatoms. The zero-order valence-corrected chi connectivity index (χ0v) is 16.3. The van der Waals surface area contributed by atoms with Gasteiger partial charge in [0.05, 0.1) is 31.4 Å². The summed E-state index contributed by atoms with van der Waals surface area (Å²) in [6.45, 7) is 3.72. The Morgan fingerprint density at radius 1 is 1.04 bits per heavy atom. The molecule has 0 aliphatic carbocycles. The van der Waals surface area contributed by atoms with E-state index < -0.39 is 12.1 Å². The number of methoxy groups -OCH3 is 2. The molecule has 0 unspecified atom stereocenters. The molecule has 2 aromatic rings. The van der Waals surface area contributed by atoms with E-state index >= 15 is 0 Å². The van der Waals surface area contributed by atoms with Crippen molar-refractivity contribution < 1.29 is 28.5 Å². The number of Topliss-reactive ketones (excluding diaryl/α,β-unsaturated/α-hetero) is 1. The molecule has 144 valence electrons. The first-order chi connectivity index (χ1) is 12.9. The van der Waals surface area contributed by atoms with Gasteiger partial charge in [-0.25, -0.2) is 4.79 Å². The number of rotatable bonds is 8. The number of ketones is 1. The van der Waals surface area contributed by atoms with Crippen LogP contribution in [0.3, 0.4) is 0 Å². The van der Waals surface area contributed by atoms with Gasteiger partial charge in [0.1, 0.15) is 5.75 Å². The number of esters is 1. The molecule has 0 radical (unpaired) electrons. The van der Waals surface area contributed by atoms with Gasteiger partial charge in [-0.2, -0.15) is 0 Å². The maximum Gasteiger partial charge on any atom is 0.339 e. The van der Waals surface area contributed by atoms with E-state index in [1.54, 1.807) is 24.3 Å². The Morgan fingerprint density at radius 2 is 1.70 bits per heavy atom. The van der Waals surface area contributed by atoms with E-state index in [1.165, 1.54) is 33.3 Å². The molecule has 0 N–H and O–H groups in total. The van der Waals surface area contributed by atoms with Crippen LogP contribution in [0.25, 0.3) is 0 Å². The Morgan fingerprint density at radius 3 is 2.26 bits per heavy atom. The molecule has 0 spiro atoms. The van der Waals surface area contributed by atoms with Gasteiger partial charge in [0, 0.05) is 5.56 Å². The lowest BCUT2D eigenvalue weighted by atomic mass is 10.1. The summed E-state index contributed by atoms with van der Waals surface area (Å²) in [5, 5.41) is 0.220. The lowest BCUT2D eigenvalue weighted by molar-refractivity contribution is 0.0318. The van der Waals surface area contributed by atoms with Gasteiger partial charge in [-0.1, -0.05) is 11.6 Å². The van der Waals surface area contributed by atoms with Crippen molar-refractivity contribution in [2.45, 2.75) is 20.0 Å². The molecule has 0 amide bonds. The maximum atomic E-state index is 12.5. The van der Waals surface area contributed by atoms with Crippen LogP contribution in [0.15, 0.2) is 36.4 Å². The summed E-state index contributed by atoms with van der Waals surface area (Å²) < 4.78 is 21.0. The van der Waals surface area contributed by atoms with Crippen molar-refractivity contribution in [2.24, 2.45) is 0 Å². The Kier molecular flexibility index (Phi) is 7.07.